The fraction of sp³-hybridized carbons (Fsp3) is 0.455. The van der Waals surface area contributed by atoms with Gasteiger partial charge in [-0.25, -0.2) is 13.3 Å². The number of rotatable bonds is 5. The van der Waals surface area contributed by atoms with E-state index in [1.165, 1.54) is 0 Å². The quantitative estimate of drug-likeness (QED) is 0.485. The number of aromatic nitrogens is 4. The van der Waals surface area contributed by atoms with E-state index in [9.17, 15) is 0 Å². The molecule has 2 aliphatic rings. The second-order valence-electron chi connectivity index (χ2n) is 9.79. The van der Waals surface area contributed by atoms with Crippen LogP contribution in [0.5, 0.6) is 0 Å². The van der Waals surface area contributed by atoms with Crippen molar-refractivity contribution in [3.8, 4) is 0 Å². The van der Waals surface area contributed by atoms with Crippen LogP contribution in [0, 0.1) is 13.3 Å². The summed E-state index contributed by atoms with van der Waals surface area (Å²) >= 11 is 0. The van der Waals surface area contributed by atoms with Crippen molar-refractivity contribution in [3.63, 3.8) is 0 Å². The molecule has 31 heavy (non-hydrogen) atoms. The van der Waals surface area contributed by atoms with E-state index in [-0.39, 0.29) is 31.9 Å². The van der Waals surface area contributed by atoms with Gasteiger partial charge in [-0.05, 0) is 24.5 Å². The average Bonchev–Trinajstić information content (AvgIpc) is 3.45. The van der Waals surface area contributed by atoms with Crippen molar-refractivity contribution in [2.45, 2.75) is 52.4 Å². The second kappa shape index (κ2) is 8.73. The molecule has 0 N–H and O–H groups in total. The molecule has 8 nitrogen and oxygen atoms in total. The van der Waals surface area contributed by atoms with Crippen LogP contribution in [0.4, 0.5) is 11.6 Å². The molecule has 0 aliphatic carbocycles. The Bertz CT molecular complexity index is 854. The van der Waals surface area contributed by atoms with E-state index < -0.39 is 0 Å². The minimum Gasteiger partial charge on any atom is -0.581 e. The Hall–Kier alpha value is -2.21. The molecule has 0 spiro atoms. The molecule has 0 atom stereocenters. The van der Waals surface area contributed by atoms with E-state index in [2.05, 4.69) is 84.1 Å². The number of hydrogen-bond acceptors (Lipinski definition) is 6. The normalized spacial score (nSPS) is 16.6. The molecule has 2 aromatic rings. The first-order valence-electron chi connectivity index (χ1n) is 10.3. The van der Waals surface area contributed by atoms with Crippen LogP contribution in [0.3, 0.4) is 0 Å². The largest absolute Gasteiger partial charge is 4.00 e. The Labute approximate surface area is 199 Å². The number of anilines is 2. The van der Waals surface area contributed by atoms with Gasteiger partial charge in [-0.15, -0.1) is 0 Å². The summed E-state index contributed by atoms with van der Waals surface area (Å²) in [6, 6.07) is 4.10. The molecule has 2 aliphatic heterocycles. The van der Waals surface area contributed by atoms with E-state index in [0.29, 0.717) is 0 Å². The van der Waals surface area contributed by atoms with Crippen molar-refractivity contribution in [1.82, 2.24) is 30.2 Å². The summed E-state index contributed by atoms with van der Waals surface area (Å²) < 4.78 is 0. The van der Waals surface area contributed by atoms with Crippen LogP contribution in [-0.2, 0) is 31.9 Å². The van der Waals surface area contributed by atoms with Gasteiger partial charge < -0.3 is 29.8 Å². The molecule has 4 heterocycles. The van der Waals surface area contributed by atoms with Gasteiger partial charge in [0.2, 0.25) is 0 Å². The molecule has 9 heteroatoms. The van der Waals surface area contributed by atoms with Gasteiger partial charge in [0.25, 0.3) is 0 Å². The van der Waals surface area contributed by atoms with Gasteiger partial charge in [0, 0.05) is 35.3 Å². The van der Waals surface area contributed by atoms with Gasteiger partial charge in [-0.1, -0.05) is 65.6 Å². The predicted molar refractivity (Wildman–Crippen MR) is 118 cm³/mol. The molecule has 168 valence electrons. The molecule has 4 rings (SSSR count). The standard InChI is InChI=1S/C22H30N8.Pt/c1-21(2,3)17-13-19(25-23-17)29-11-9-27(15-29)7-8-28-10-12-30(16-28)20-14-18(24-26-20)22(4,5)6;/h9-16H,7-8H2,1-6H3;/q-4;+4. The topological polar surface area (TPSA) is 66.9 Å². The van der Waals surface area contributed by atoms with Crippen LogP contribution in [0.25, 0.3) is 0 Å². The molecule has 0 bridgehead atoms. The first-order chi connectivity index (χ1) is 14.1. The van der Waals surface area contributed by atoms with Gasteiger partial charge in [0.05, 0.1) is 0 Å². The van der Waals surface area contributed by atoms with Crippen LogP contribution in [0.15, 0.2) is 36.9 Å². The Morgan fingerprint density at radius 3 is 1.42 bits per heavy atom. The van der Waals surface area contributed by atoms with Crippen LogP contribution in [-0.4, -0.2) is 33.1 Å². The first-order valence-corrected chi connectivity index (χ1v) is 10.3. The molecule has 0 saturated heterocycles. The van der Waals surface area contributed by atoms with E-state index in [1.807, 2.05) is 47.7 Å². The van der Waals surface area contributed by atoms with Crippen LogP contribution in [0.1, 0.15) is 52.9 Å². The third-order valence-corrected chi connectivity index (χ3v) is 5.12. The third-order valence-electron chi connectivity index (χ3n) is 5.12. The molecule has 0 unspecified atom stereocenters. The zero-order valence-corrected chi connectivity index (χ0v) is 21.2. The maximum Gasteiger partial charge on any atom is 4.00 e. The maximum absolute atomic E-state index is 4.32. The molecular weight excluding hydrogens is 571 g/mol. The van der Waals surface area contributed by atoms with Crippen molar-refractivity contribution >= 4 is 11.6 Å². The third kappa shape index (κ3) is 5.35. The molecule has 0 fully saturated rings. The Kier molecular flexibility index (Phi) is 6.61. The van der Waals surface area contributed by atoms with Crippen LogP contribution >= 0.6 is 0 Å². The van der Waals surface area contributed by atoms with Gasteiger partial charge in [0.15, 0.2) is 0 Å². The first kappa shape index (κ1) is 23.5. The van der Waals surface area contributed by atoms with Crippen molar-refractivity contribution in [1.29, 1.82) is 0 Å². The van der Waals surface area contributed by atoms with E-state index >= 15 is 0 Å². The Morgan fingerprint density at radius 1 is 0.710 bits per heavy atom. The molecular formula is C22H30N8Pt. The summed E-state index contributed by atoms with van der Waals surface area (Å²) in [4.78, 5) is 8.31. The summed E-state index contributed by atoms with van der Waals surface area (Å²) in [7, 11) is 0. The molecule has 0 aromatic carbocycles. The van der Waals surface area contributed by atoms with Gasteiger partial charge in [-0.3, -0.25) is 10.2 Å². The fourth-order valence-electron chi connectivity index (χ4n) is 3.11. The molecule has 0 saturated carbocycles. The Balaban J connectivity index is 0.00000272. The van der Waals surface area contributed by atoms with Crippen molar-refractivity contribution in [2.75, 3.05) is 22.9 Å². The van der Waals surface area contributed by atoms with E-state index in [1.54, 1.807) is 0 Å². The summed E-state index contributed by atoms with van der Waals surface area (Å²) in [5.41, 5.74) is 2.00. The monoisotopic (exact) mass is 601 g/mol. The Morgan fingerprint density at radius 2 is 1.10 bits per heavy atom. The number of hydrogen-bond donors (Lipinski definition) is 0. The fourth-order valence-corrected chi connectivity index (χ4v) is 3.11. The van der Waals surface area contributed by atoms with Crippen molar-refractivity contribution < 1.29 is 21.1 Å². The van der Waals surface area contributed by atoms with Crippen molar-refractivity contribution in [2.24, 2.45) is 0 Å². The van der Waals surface area contributed by atoms with Gasteiger partial charge in [0.1, 0.15) is 0 Å². The molecule has 2 aromatic heterocycles. The number of nitrogens with zero attached hydrogens (tertiary/aromatic N) is 8. The minimum absolute atomic E-state index is 0. The molecule has 0 radical (unpaired) electrons. The maximum atomic E-state index is 4.32. The summed E-state index contributed by atoms with van der Waals surface area (Å²) in [5, 5.41) is 17.3. The second-order valence-corrected chi connectivity index (χ2v) is 9.79. The minimum atomic E-state index is -0.00208. The summed E-state index contributed by atoms with van der Waals surface area (Å²) in [6.07, 6.45) is 8.14. The summed E-state index contributed by atoms with van der Waals surface area (Å²) in [5.74, 6) is 1.70. The smallest absolute Gasteiger partial charge is 0.581 e. The zero-order chi connectivity index (χ0) is 21.5. The van der Waals surface area contributed by atoms with Gasteiger partial charge in [-0.2, -0.15) is 0 Å². The van der Waals surface area contributed by atoms with Crippen LogP contribution in [0.2, 0.25) is 0 Å². The van der Waals surface area contributed by atoms with E-state index in [0.717, 1.165) is 36.1 Å². The van der Waals surface area contributed by atoms with Gasteiger partial charge >= 0.3 is 21.1 Å². The van der Waals surface area contributed by atoms with Crippen LogP contribution < -0.4 is 20.0 Å². The zero-order valence-electron chi connectivity index (χ0n) is 18.9. The summed E-state index contributed by atoms with van der Waals surface area (Å²) in [6.45, 7) is 18.7. The predicted octanol–water partition coefficient (Wildman–Crippen LogP) is 3.11. The SMILES string of the molecule is CC(C)(C)c1cc(N2C=CN(CCN3C=CN(c4cc(C(C)(C)C)n[n-]4)[CH-]3)[CH-]2)[n-]n1.[Pt+4]. The van der Waals surface area contributed by atoms with E-state index in [4.69, 9.17) is 0 Å². The van der Waals surface area contributed by atoms with Crippen molar-refractivity contribution in [3.05, 3.63) is 61.7 Å². The molecule has 0 amide bonds. The average molecular weight is 602 g/mol.